The molecule has 0 aliphatic heterocycles. The van der Waals surface area contributed by atoms with Gasteiger partial charge in [0.25, 0.3) is 0 Å². The van der Waals surface area contributed by atoms with Crippen molar-refractivity contribution in [1.29, 1.82) is 0 Å². The Kier molecular flexibility index (Phi) is 5.50. The Bertz CT molecular complexity index is 152. The molecule has 3 heteroatoms. The molecule has 0 spiro atoms. The monoisotopic (exact) mass is 142 g/mol. The van der Waals surface area contributed by atoms with Gasteiger partial charge in [0.1, 0.15) is 13.0 Å². The summed E-state index contributed by atoms with van der Waals surface area (Å²) in [7, 11) is 0. The fourth-order valence-corrected chi connectivity index (χ4v) is 0.342. The number of hydrogen-bond acceptors (Lipinski definition) is 2. The molecule has 0 aliphatic rings. The summed E-state index contributed by atoms with van der Waals surface area (Å²) >= 11 is 0. The van der Waals surface area contributed by atoms with Crippen LogP contribution in [0, 0.1) is 11.8 Å². The van der Waals surface area contributed by atoms with Crippen LogP contribution in [0.3, 0.4) is 0 Å². The van der Waals surface area contributed by atoms with Crippen LogP contribution in [0.25, 0.3) is 0 Å². The molecule has 0 atom stereocenters. The molecule has 0 saturated carbocycles. The van der Waals surface area contributed by atoms with Crippen LogP contribution in [0.15, 0.2) is 0 Å². The zero-order chi connectivity index (χ0) is 7.82. The van der Waals surface area contributed by atoms with Crippen LogP contribution in [-0.4, -0.2) is 24.3 Å². The van der Waals surface area contributed by atoms with E-state index in [4.69, 9.17) is 9.84 Å². The van der Waals surface area contributed by atoms with Gasteiger partial charge in [-0.25, -0.2) is 0 Å². The van der Waals surface area contributed by atoms with Crippen LogP contribution in [0.1, 0.15) is 13.3 Å². The van der Waals surface area contributed by atoms with E-state index in [9.17, 15) is 4.79 Å². The van der Waals surface area contributed by atoms with Crippen molar-refractivity contribution in [2.45, 2.75) is 13.3 Å². The number of carboxylic acids is 1. The summed E-state index contributed by atoms with van der Waals surface area (Å²) in [5.74, 6) is 4.11. The molecular formula is C7H10O3. The molecule has 0 aliphatic carbocycles. The lowest BCUT2D eigenvalue weighted by Crippen LogP contribution is -1.92. The van der Waals surface area contributed by atoms with E-state index in [1.807, 2.05) is 6.92 Å². The summed E-state index contributed by atoms with van der Waals surface area (Å²) in [6.07, 6.45) is -0.104. The number of rotatable bonds is 3. The van der Waals surface area contributed by atoms with Crippen LogP contribution in [0.4, 0.5) is 0 Å². The molecule has 0 heterocycles. The van der Waals surface area contributed by atoms with E-state index in [1.165, 1.54) is 0 Å². The van der Waals surface area contributed by atoms with Crippen LogP contribution in [0.5, 0.6) is 0 Å². The normalized spacial score (nSPS) is 8.10. The van der Waals surface area contributed by atoms with E-state index in [2.05, 4.69) is 11.8 Å². The minimum atomic E-state index is -0.899. The zero-order valence-electron chi connectivity index (χ0n) is 5.89. The van der Waals surface area contributed by atoms with Gasteiger partial charge in [-0.2, -0.15) is 0 Å². The molecule has 0 fully saturated rings. The summed E-state index contributed by atoms with van der Waals surface area (Å²) in [6, 6.07) is 0. The predicted molar refractivity (Wildman–Crippen MR) is 36.5 cm³/mol. The molecule has 0 unspecified atom stereocenters. The molecule has 3 nitrogen and oxygen atoms in total. The first kappa shape index (κ1) is 8.99. The Morgan fingerprint density at radius 3 is 2.80 bits per heavy atom. The molecule has 56 valence electrons. The molecule has 0 amide bonds. The quantitative estimate of drug-likeness (QED) is 0.461. The lowest BCUT2D eigenvalue weighted by atomic mass is 10.4. The van der Waals surface area contributed by atoms with Gasteiger partial charge in [-0.15, -0.1) is 0 Å². The molecule has 0 saturated heterocycles. The third-order valence-corrected chi connectivity index (χ3v) is 0.743. The fraction of sp³-hybridized carbons (Fsp3) is 0.571. The second kappa shape index (κ2) is 6.12. The largest absolute Gasteiger partial charge is 0.481 e. The summed E-state index contributed by atoms with van der Waals surface area (Å²) in [4.78, 5) is 9.89. The third kappa shape index (κ3) is 6.99. The minimum absolute atomic E-state index is 0.104. The standard InChI is InChI=1S/C7H10O3/c1-2-10-6-4-3-5-7(8)9/h2,5-6H2,1H3,(H,8,9). The van der Waals surface area contributed by atoms with Gasteiger partial charge in [-0.1, -0.05) is 11.8 Å². The van der Waals surface area contributed by atoms with Crippen molar-refractivity contribution in [2.75, 3.05) is 13.2 Å². The number of hydrogen-bond donors (Lipinski definition) is 1. The predicted octanol–water partition coefficient (Wildman–Crippen LogP) is 0.501. The SMILES string of the molecule is CCOCC#CCC(=O)O. The van der Waals surface area contributed by atoms with Gasteiger partial charge in [0, 0.05) is 6.61 Å². The third-order valence-electron chi connectivity index (χ3n) is 0.743. The van der Waals surface area contributed by atoms with Crippen molar-refractivity contribution in [3.05, 3.63) is 0 Å². The Balaban J connectivity index is 3.23. The molecular weight excluding hydrogens is 132 g/mol. The van der Waals surface area contributed by atoms with Gasteiger partial charge in [-0.3, -0.25) is 4.79 Å². The Labute approximate surface area is 60.0 Å². The van der Waals surface area contributed by atoms with E-state index in [0.29, 0.717) is 13.2 Å². The lowest BCUT2D eigenvalue weighted by molar-refractivity contribution is -0.135. The molecule has 0 aromatic carbocycles. The summed E-state index contributed by atoms with van der Waals surface area (Å²) in [5, 5.41) is 8.13. The molecule has 0 bridgehead atoms. The second-order valence-electron chi connectivity index (χ2n) is 1.56. The first-order valence-corrected chi connectivity index (χ1v) is 3.02. The first-order valence-electron chi connectivity index (χ1n) is 3.02. The van der Waals surface area contributed by atoms with Gasteiger partial charge in [0.05, 0.1) is 0 Å². The van der Waals surface area contributed by atoms with Gasteiger partial charge in [0.2, 0.25) is 0 Å². The van der Waals surface area contributed by atoms with Gasteiger partial charge in [0.15, 0.2) is 0 Å². The number of carbonyl (C=O) groups is 1. The van der Waals surface area contributed by atoms with Crippen molar-refractivity contribution < 1.29 is 14.6 Å². The van der Waals surface area contributed by atoms with Crippen molar-refractivity contribution in [2.24, 2.45) is 0 Å². The minimum Gasteiger partial charge on any atom is -0.481 e. The smallest absolute Gasteiger partial charge is 0.315 e. The van der Waals surface area contributed by atoms with Crippen LogP contribution < -0.4 is 0 Å². The molecule has 0 aromatic rings. The van der Waals surface area contributed by atoms with Crippen molar-refractivity contribution >= 4 is 5.97 Å². The highest BCUT2D eigenvalue weighted by molar-refractivity contribution is 5.69. The van der Waals surface area contributed by atoms with Crippen molar-refractivity contribution in [3.8, 4) is 11.8 Å². The first-order chi connectivity index (χ1) is 4.77. The Morgan fingerprint density at radius 1 is 1.60 bits per heavy atom. The molecule has 0 radical (unpaired) electrons. The Hall–Kier alpha value is -1.01. The van der Waals surface area contributed by atoms with E-state index in [-0.39, 0.29) is 6.42 Å². The maximum absolute atomic E-state index is 9.89. The van der Waals surface area contributed by atoms with E-state index < -0.39 is 5.97 Å². The lowest BCUT2D eigenvalue weighted by Gasteiger charge is -1.87. The maximum atomic E-state index is 9.89. The van der Waals surface area contributed by atoms with Crippen LogP contribution >= 0.6 is 0 Å². The van der Waals surface area contributed by atoms with Crippen molar-refractivity contribution in [3.63, 3.8) is 0 Å². The van der Waals surface area contributed by atoms with Crippen LogP contribution in [0.2, 0.25) is 0 Å². The topological polar surface area (TPSA) is 46.5 Å². The summed E-state index contributed by atoms with van der Waals surface area (Å²) in [5.41, 5.74) is 0. The number of ether oxygens (including phenoxy) is 1. The van der Waals surface area contributed by atoms with Crippen LogP contribution in [-0.2, 0) is 9.53 Å². The second-order valence-corrected chi connectivity index (χ2v) is 1.56. The molecule has 0 aromatic heterocycles. The molecule has 10 heavy (non-hydrogen) atoms. The Morgan fingerprint density at radius 2 is 2.30 bits per heavy atom. The number of carboxylic acid groups (broad SMARTS) is 1. The highest BCUT2D eigenvalue weighted by Gasteiger charge is 1.86. The molecule has 0 rings (SSSR count). The van der Waals surface area contributed by atoms with E-state index in [1.54, 1.807) is 0 Å². The molecule has 1 N–H and O–H groups in total. The van der Waals surface area contributed by atoms with E-state index >= 15 is 0 Å². The average molecular weight is 142 g/mol. The van der Waals surface area contributed by atoms with Gasteiger partial charge >= 0.3 is 5.97 Å². The number of aliphatic carboxylic acids is 1. The van der Waals surface area contributed by atoms with Crippen molar-refractivity contribution in [1.82, 2.24) is 0 Å². The van der Waals surface area contributed by atoms with Gasteiger partial charge < -0.3 is 9.84 Å². The van der Waals surface area contributed by atoms with E-state index in [0.717, 1.165) is 0 Å². The summed E-state index contributed by atoms with van der Waals surface area (Å²) < 4.78 is 4.85. The highest BCUT2D eigenvalue weighted by Crippen LogP contribution is 1.74. The zero-order valence-corrected chi connectivity index (χ0v) is 5.89. The van der Waals surface area contributed by atoms with Gasteiger partial charge in [-0.05, 0) is 6.92 Å². The average Bonchev–Trinajstić information content (AvgIpc) is 1.87. The fourth-order valence-electron chi connectivity index (χ4n) is 0.342. The maximum Gasteiger partial charge on any atom is 0.315 e. The highest BCUT2D eigenvalue weighted by atomic mass is 16.5. The summed E-state index contributed by atoms with van der Waals surface area (Å²) in [6.45, 7) is 2.80.